The molecule has 1 saturated heterocycles. The van der Waals surface area contributed by atoms with Crippen molar-refractivity contribution < 1.29 is 9.59 Å². The summed E-state index contributed by atoms with van der Waals surface area (Å²) in [5.41, 5.74) is 2.06. The fourth-order valence-corrected chi connectivity index (χ4v) is 3.46. The Hall–Kier alpha value is -1.98. The van der Waals surface area contributed by atoms with Gasteiger partial charge >= 0.3 is 0 Å². The quantitative estimate of drug-likeness (QED) is 0.835. The molecule has 1 fully saturated rings. The van der Waals surface area contributed by atoms with Crippen LogP contribution in [0.3, 0.4) is 0 Å². The summed E-state index contributed by atoms with van der Waals surface area (Å²) in [5, 5.41) is 0. The summed E-state index contributed by atoms with van der Waals surface area (Å²) in [4.78, 5) is 36.7. The first-order valence-electron chi connectivity index (χ1n) is 8.49. The third-order valence-electron chi connectivity index (χ3n) is 4.82. The van der Waals surface area contributed by atoms with E-state index in [2.05, 4.69) is 4.98 Å². The van der Waals surface area contributed by atoms with Crippen LogP contribution in [0.4, 0.5) is 0 Å². The van der Waals surface area contributed by atoms with Crippen molar-refractivity contribution in [3.8, 4) is 0 Å². The second-order valence-corrected chi connectivity index (χ2v) is 6.34. The number of piperidine rings is 1. The molecule has 1 aromatic rings. The number of hydrogen-bond acceptors (Lipinski definition) is 4. The minimum Gasteiger partial charge on any atom is -0.338 e. The highest BCUT2D eigenvalue weighted by molar-refractivity contribution is 5.76. The normalized spacial score (nSPS) is 21.0. The second-order valence-electron chi connectivity index (χ2n) is 6.34. The molecular formula is C17H24N4O2. The largest absolute Gasteiger partial charge is 0.338 e. The van der Waals surface area contributed by atoms with Crippen LogP contribution < -0.4 is 0 Å². The fraction of sp³-hybridized carbons (Fsp3) is 0.647. The first kappa shape index (κ1) is 15.9. The van der Waals surface area contributed by atoms with E-state index in [4.69, 9.17) is 4.98 Å². The van der Waals surface area contributed by atoms with E-state index in [0.29, 0.717) is 19.5 Å². The average Bonchev–Trinajstić information content (AvgIpc) is 2.60. The van der Waals surface area contributed by atoms with E-state index in [1.165, 1.54) is 0 Å². The number of rotatable bonds is 2. The van der Waals surface area contributed by atoms with Gasteiger partial charge in [-0.15, -0.1) is 0 Å². The van der Waals surface area contributed by atoms with Crippen molar-refractivity contribution in [3.05, 3.63) is 23.3 Å². The molecule has 1 atom stereocenters. The average molecular weight is 316 g/mol. The molecular weight excluding hydrogens is 292 g/mol. The maximum absolute atomic E-state index is 12.2. The molecule has 23 heavy (non-hydrogen) atoms. The summed E-state index contributed by atoms with van der Waals surface area (Å²) < 4.78 is 0. The lowest BCUT2D eigenvalue weighted by Crippen LogP contribution is -2.39. The Kier molecular flexibility index (Phi) is 4.59. The molecule has 6 heteroatoms. The minimum atomic E-state index is 0.00679. The van der Waals surface area contributed by atoms with Gasteiger partial charge in [0.25, 0.3) is 0 Å². The maximum atomic E-state index is 12.2. The van der Waals surface area contributed by atoms with E-state index in [1.54, 1.807) is 6.92 Å². The molecule has 2 amide bonds. The van der Waals surface area contributed by atoms with Crippen molar-refractivity contribution in [1.82, 2.24) is 19.8 Å². The number of likely N-dealkylation sites (tertiary alicyclic amines) is 1. The molecule has 124 valence electrons. The van der Waals surface area contributed by atoms with Gasteiger partial charge < -0.3 is 9.80 Å². The molecule has 0 aromatic carbocycles. The first-order valence-corrected chi connectivity index (χ1v) is 8.49. The van der Waals surface area contributed by atoms with Crippen molar-refractivity contribution >= 4 is 11.8 Å². The Morgan fingerprint density at radius 2 is 2.13 bits per heavy atom. The lowest BCUT2D eigenvalue weighted by Gasteiger charge is -2.35. The molecule has 0 aliphatic carbocycles. The van der Waals surface area contributed by atoms with Gasteiger partial charge in [-0.05, 0) is 19.3 Å². The molecule has 3 heterocycles. The molecule has 6 nitrogen and oxygen atoms in total. The van der Waals surface area contributed by atoms with Crippen LogP contribution in [0.5, 0.6) is 0 Å². The Morgan fingerprint density at radius 1 is 1.30 bits per heavy atom. The smallest absolute Gasteiger partial charge is 0.222 e. The maximum Gasteiger partial charge on any atom is 0.222 e. The van der Waals surface area contributed by atoms with E-state index in [-0.39, 0.29) is 17.9 Å². The Morgan fingerprint density at radius 3 is 2.87 bits per heavy atom. The molecule has 2 aliphatic heterocycles. The van der Waals surface area contributed by atoms with Gasteiger partial charge in [0.15, 0.2) is 5.82 Å². The molecule has 0 radical (unpaired) electrons. The molecule has 0 saturated carbocycles. The molecule has 2 aliphatic rings. The fourth-order valence-electron chi connectivity index (χ4n) is 3.46. The van der Waals surface area contributed by atoms with E-state index in [0.717, 1.165) is 49.3 Å². The summed E-state index contributed by atoms with van der Waals surface area (Å²) >= 11 is 0. The Bertz CT molecular complexity index is 617. The summed E-state index contributed by atoms with van der Waals surface area (Å²) in [6.07, 6.45) is 6.23. The predicted molar refractivity (Wildman–Crippen MR) is 85.4 cm³/mol. The number of carbonyl (C=O) groups is 2. The highest BCUT2D eigenvalue weighted by Crippen LogP contribution is 2.30. The van der Waals surface area contributed by atoms with Gasteiger partial charge in [-0.25, -0.2) is 9.97 Å². The zero-order valence-electron chi connectivity index (χ0n) is 13.9. The van der Waals surface area contributed by atoms with Gasteiger partial charge in [0.1, 0.15) is 0 Å². The van der Waals surface area contributed by atoms with Crippen LogP contribution in [0, 0.1) is 0 Å². The van der Waals surface area contributed by atoms with Gasteiger partial charge in [-0.2, -0.15) is 0 Å². The SMILES string of the molecule is CCC(=O)N1CCCCC1c1ncc2c(n1)CCN(C(C)=O)C2. The first-order chi connectivity index (χ1) is 11.1. The molecule has 0 spiro atoms. The van der Waals surface area contributed by atoms with Gasteiger partial charge in [0.2, 0.25) is 11.8 Å². The van der Waals surface area contributed by atoms with Crippen molar-refractivity contribution in [3.63, 3.8) is 0 Å². The molecule has 1 aromatic heterocycles. The van der Waals surface area contributed by atoms with E-state index < -0.39 is 0 Å². The lowest BCUT2D eigenvalue weighted by molar-refractivity contribution is -0.135. The van der Waals surface area contributed by atoms with Crippen LogP contribution in [-0.4, -0.2) is 44.7 Å². The van der Waals surface area contributed by atoms with Crippen LogP contribution >= 0.6 is 0 Å². The highest BCUT2D eigenvalue weighted by atomic mass is 16.2. The Labute approximate surface area is 136 Å². The van der Waals surface area contributed by atoms with E-state index in [1.807, 2.05) is 22.9 Å². The summed E-state index contributed by atoms with van der Waals surface area (Å²) in [5.74, 6) is 1.03. The number of aromatic nitrogens is 2. The topological polar surface area (TPSA) is 66.4 Å². The standard InChI is InChI=1S/C17H24N4O2/c1-3-16(23)21-8-5-4-6-15(21)17-18-10-13-11-20(12(2)22)9-7-14(13)19-17/h10,15H,3-9,11H2,1-2H3. The molecule has 0 N–H and O–H groups in total. The lowest BCUT2D eigenvalue weighted by atomic mass is 10.00. The van der Waals surface area contributed by atoms with Gasteiger partial charge in [0.05, 0.1) is 11.7 Å². The van der Waals surface area contributed by atoms with Gasteiger partial charge in [0, 0.05) is 51.2 Å². The van der Waals surface area contributed by atoms with Crippen molar-refractivity contribution in [1.29, 1.82) is 0 Å². The summed E-state index contributed by atoms with van der Waals surface area (Å²) in [6.45, 7) is 5.60. The zero-order chi connectivity index (χ0) is 16.4. The van der Waals surface area contributed by atoms with Crippen LogP contribution in [0.25, 0.3) is 0 Å². The van der Waals surface area contributed by atoms with Crippen molar-refractivity contribution in [2.24, 2.45) is 0 Å². The van der Waals surface area contributed by atoms with Crippen molar-refractivity contribution in [2.45, 2.75) is 58.5 Å². The minimum absolute atomic E-state index is 0.00679. The van der Waals surface area contributed by atoms with Gasteiger partial charge in [-0.1, -0.05) is 6.92 Å². The number of hydrogen-bond donors (Lipinski definition) is 0. The third kappa shape index (κ3) is 3.21. The number of fused-ring (bicyclic) bond motifs is 1. The van der Waals surface area contributed by atoms with Crippen LogP contribution in [-0.2, 0) is 22.6 Å². The predicted octanol–water partition coefficient (Wildman–Crippen LogP) is 1.84. The third-order valence-corrected chi connectivity index (χ3v) is 4.82. The van der Waals surface area contributed by atoms with E-state index in [9.17, 15) is 9.59 Å². The number of carbonyl (C=O) groups excluding carboxylic acids is 2. The van der Waals surface area contributed by atoms with Crippen LogP contribution in [0.15, 0.2) is 6.20 Å². The second kappa shape index (κ2) is 6.64. The zero-order valence-corrected chi connectivity index (χ0v) is 13.9. The van der Waals surface area contributed by atoms with E-state index >= 15 is 0 Å². The van der Waals surface area contributed by atoms with Gasteiger partial charge in [-0.3, -0.25) is 9.59 Å². The van der Waals surface area contributed by atoms with Crippen LogP contribution in [0.1, 0.15) is 62.7 Å². The Balaban J connectivity index is 1.83. The molecule has 3 rings (SSSR count). The molecule has 1 unspecified atom stereocenters. The number of amides is 2. The van der Waals surface area contributed by atoms with Crippen LogP contribution in [0.2, 0.25) is 0 Å². The number of nitrogens with zero attached hydrogens (tertiary/aromatic N) is 4. The summed E-state index contributed by atoms with van der Waals surface area (Å²) in [6, 6.07) is 0.00679. The summed E-state index contributed by atoms with van der Waals surface area (Å²) in [7, 11) is 0. The van der Waals surface area contributed by atoms with Crippen molar-refractivity contribution in [2.75, 3.05) is 13.1 Å². The monoisotopic (exact) mass is 316 g/mol. The highest BCUT2D eigenvalue weighted by Gasteiger charge is 2.30. The molecule has 0 bridgehead atoms.